The second kappa shape index (κ2) is 8.83. The Kier molecular flexibility index (Phi) is 6.74. The number of benzene rings is 1. The van der Waals surface area contributed by atoms with E-state index in [1.807, 2.05) is 18.2 Å². The molecule has 0 radical (unpaired) electrons. The standard InChI is InChI=1S/C18H28N2O/c1-2-20(14-17-11-7-4-8-12-17)15-18(21)19-13-16-9-5-3-6-10-16/h4,7-8,11-12,16H,2-3,5-6,9-10,13-15H2,1H3,(H,19,21). The van der Waals surface area contributed by atoms with Crippen LogP contribution in [0.1, 0.15) is 44.6 Å². The molecule has 1 fully saturated rings. The number of hydrogen-bond donors (Lipinski definition) is 1. The Morgan fingerprint density at radius 3 is 2.57 bits per heavy atom. The number of nitrogens with zero attached hydrogens (tertiary/aromatic N) is 1. The summed E-state index contributed by atoms with van der Waals surface area (Å²) in [5.41, 5.74) is 1.26. The Balaban J connectivity index is 1.71. The predicted molar refractivity (Wildman–Crippen MR) is 87.0 cm³/mol. The minimum Gasteiger partial charge on any atom is -0.355 e. The van der Waals surface area contributed by atoms with Gasteiger partial charge >= 0.3 is 0 Å². The molecule has 3 heteroatoms. The molecule has 0 atom stereocenters. The third-order valence-electron chi connectivity index (χ3n) is 4.38. The zero-order valence-corrected chi connectivity index (χ0v) is 13.2. The van der Waals surface area contributed by atoms with Crippen LogP contribution in [0.2, 0.25) is 0 Å². The van der Waals surface area contributed by atoms with Crippen LogP contribution in [0.4, 0.5) is 0 Å². The van der Waals surface area contributed by atoms with E-state index in [0.29, 0.717) is 12.5 Å². The average Bonchev–Trinajstić information content (AvgIpc) is 2.54. The van der Waals surface area contributed by atoms with Gasteiger partial charge in [-0.25, -0.2) is 0 Å². The molecule has 0 heterocycles. The maximum Gasteiger partial charge on any atom is 0.234 e. The molecule has 1 aliphatic carbocycles. The van der Waals surface area contributed by atoms with Crippen molar-refractivity contribution in [1.29, 1.82) is 0 Å². The topological polar surface area (TPSA) is 32.3 Å². The van der Waals surface area contributed by atoms with Gasteiger partial charge in [0.15, 0.2) is 0 Å². The highest BCUT2D eigenvalue weighted by Gasteiger charge is 2.15. The monoisotopic (exact) mass is 288 g/mol. The van der Waals surface area contributed by atoms with Crippen LogP contribution >= 0.6 is 0 Å². The second-order valence-corrected chi connectivity index (χ2v) is 6.10. The van der Waals surface area contributed by atoms with Crippen LogP contribution in [0.3, 0.4) is 0 Å². The van der Waals surface area contributed by atoms with Crippen molar-refractivity contribution in [2.75, 3.05) is 19.6 Å². The molecule has 21 heavy (non-hydrogen) atoms. The van der Waals surface area contributed by atoms with E-state index in [9.17, 15) is 4.79 Å². The molecular weight excluding hydrogens is 260 g/mol. The van der Waals surface area contributed by atoms with Crippen molar-refractivity contribution in [1.82, 2.24) is 10.2 Å². The Bertz CT molecular complexity index is 412. The number of amides is 1. The average molecular weight is 288 g/mol. The van der Waals surface area contributed by atoms with E-state index in [1.54, 1.807) is 0 Å². The number of likely N-dealkylation sites (N-methyl/N-ethyl adjacent to an activating group) is 1. The first kappa shape index (κ1) is 16.0. The Morgan fingerprint density at radius 2 is 1.90 bits per heavy atom. The van der Waals surface area contributed by atoms with Crippen LogP contribution in [0, 0.1) is 5.92 Å². The number of carbonyl (C=O) groups is 1. The third kappa shape index (κ3) is 5.88. The molecule has 0 aliphatic heterocycles. The van der Waals surface area contributed by atoms with E-state index in [-0.39, 0.29) is 5.91 Å². The summed E-state index contributed by atoms with van der Waals surface area (Å²) in [7, 11) is 0. The van der Waals surface area contributed by atoms with Gasteiger partial charge in [-0.2, -0.15) is 0 Å². The highest BCUT2D eigenvalue weighted by molar-refractivity contribution is 5.78. The fourth-order valence-corrected chi connectivity index (χ4v) is 3.03. The van der Waals surface area contributed by atoms with Crippen molar-refractivity contribution < 1.29 is 4.79 Å². The van der Waals surface area contributed by atoms with Crippen LogP contribution in [-0.4, -0.2) is 30.4 Å². The Hall–Kier alpha value is -1.35. The highest BCUT2D eigenvalue weighted by atomic mass is 16.2. The van der Waals surface area contributed by atoms with Gasteiger partial charge in [0.25, 0.3) is 0 Å². The van der Waals surface area contributed by atoms with Crippen LogP contribution in [0.5, 0.6) is 0 Å². The van der Waals surface area contributed by atoms with Gasteiger partial charge in [0.2, 0.25) is 5.91 Å². The van der Waals surface area contributed by atoms with Crippen molar-refractivity contribution in [2.24, 2.45) is 5.92 Å². The third-order valence-corrected chi connectivity index (χ3v) is 4.38. The lowest BCUT2D eigenvalue weighted by Gasteiger charge is -2.23. The lowest BCUT2D eigenvalue weighted by molar-refractivity contribution is -0.122. The maximum atomic E-state index is 12.1. The quantitative estimate of drug-likeness (QED) is 0.835. The summed E-state index contributed by atoms with van der Waals surface area (Å²) in [6.07, 6.45) is 6.58. The smallest absolute Gasteiger partial charge is 0.234 e. The summed E-state index contributed by atoms with van der Waals surface area (Å²) in [4.78, 5) is 14.3. The maximum absolute atomic E-state index is 12.1. The fourth-order valence-electron chi connectivity index (χ4n) is 3.03. The summed E-state index contributed by atoms with van der Waals surface area (Å²) in [6, 6.07) is 10.3. The van der Waals surface area contributed by atoms with Crippen LogP contribution < -0.4 is 5.32 Å². The van der Waals surface area contributed by atoms with Crippen molar-refractivity contribution in [2.45, 2.75) is 45.6 Å². The molecule has 1 amide bonds. The van der Waals surface area contributed by atoms with E-state index in [4.69, 9.17) is 0 Å². The van der Waals surface area contributed by atoms with Gasteiger partial charge in [-0.3, -0.25) is 9.69 Å². The van der Waals surface area contributed by atoms with Gasteiger partial charge in [-0.1, -0.05) is 56.5 Å². The molecule has 2 rings (SSSR count). The SMILES string of the molecule is CCN(CC(=O)NCC1CCCCC1)Cc1ccccc1. The van der Waals surface area contributed by atoms with Crippen molar-refractivity contribution in [3.63, 3.8) is 0 Å². The molecule has 0 unspecified atom stereocenters. The summed E-state index contributed by atoms with van der Waals surface area (Å²) in [5, 5.41) is 3.12. The molecule has 3 nitrogen and oxygen atoms in total. The van der Waals surface area contributed by atoms with E-state index in [1.165, 1.54) is 37.7 Å². The largest absolute Gasteiger partial charge is 0.355 e. The van der Waals surface area contributed by atoms with Crippen molar-refractivity contribution in [3.05, 3.63) is 35.9 Å². The van der Waals surface area contributed by atoms with E-state index < -0.39 is 0 Å². The van der Waals surface area contributed by atoms with Crippen LogP contribution in [0.15, 0.2) is 30.3 Å². The summed E-state index contributed by atoms with van der Waals surface area (Å²) < 4.78 is 0. The fraction of sp³-hybridized carbons (Fsp3) is 0.611. The molecule has 0 spiro atoms. The van der Waals surface area contributed by atoms with Gasteiger partial charge in [0.1, 0.15) is 0 Å². The molecule has 1 aromatic carbocycles. The Morgan fingerprint density at radius 1 is 1.19 bits per heavy atom. The molecular formula is C18H28N2O. The summed E-state index contributed by atoms with van der Waals surface area (Å²) in [5.74, 6) is 0.866. The number of carbonyl (C=O) groups excluding carboxylic acids is 1. The molecule has 1 N–H and O–H groups in total. The predicted octanol–water partition coefficient (Wildman–Crippen LogP) is 3.21. The summed E-state index contributed by atoms with van der Waals surface area (Å²) >= 11 is 0. The highest BCUT2D eigenvalue weighted by Crippen LogP contribution is 2.22. The van der Waals surface area contributed by atoms with Gasteiger partial charge < -0.3 is 5.32 Å². The first-order chi connectivity index (χ1) is 10.3. The number of nitrogens with one attached hydrogen (secondary N) is 1. The molecule has 0 bridgehead atoms. The van der Waals surface area contributed by atoms with Crippen molar-refractivity contribution >= 4 is 5.91 Å². The lowest BCUT2D eigenvalue weighted by atomic mass is 9.89. The minimum absolute atomic E-state index is 0.165. The van der Waals surface area contributed by atoms with Crippen LogP contribution in [0.25, 0.3) is 0 Å². The lowest BCUT2D eigenvalue weighted by Crippen LogP contribution is -2.39. The van der Waals surface area contributed by atoms with Gasteiger partial charge in [-0.05, 0) is 30.9 Å². The molecule has 1 aromatic rings. The van der Waals surface area contributed by atoms with Gasteiger partial charge in [0.05, 0.1) is 6.54 Å². The zero-order valence-electron chi connectivity index (χ0n) is 13.2. The molecule has 1 saturated carbocycles. The van der Waals surface area contributed by atoms with Crippen LogP contribution in [-0.2, 0) is 11.3 Å². The first-order valence-electron chi connectivity index (χ1n) is 8.31. The molecule has 116 valence electrons. The number of rotatable bonds is 7. The zero-order chi connectivity index (χ0) is 14.9. The normalized spacial score (nSPS) is 16.1. The van der Waals surface area contributed by atoms with E-state index >= 15 is 0 Å². The first-order valence-corrected chi connectivity index (χ1v) is 8.31. The van der Waals surface area contributed by atoms with Gasteiger partial charge in [0, 0.05) is 13.1 Å². The minimum atomic E-state index is 0.165. The van der Waals surface area contributed by atoms with E-state index in [0.717, 1.165) is 19.6 Å². The molecule has 0 aromatic heterocycles. The second-order valence-electron chi connectivity index (χ2n) is 6.10. The summed E-state index contributed by atoms with van der Waals surface area (Å²) in [6.45, 7) is 5.21. The van der Waals surface area contributed by atoms with Crippen molar-refractivity contribution in [3.8, 4) is 0 Å². The number of hydrogen-bond acceptors (Lipinski definition) is 2. The van der Waals surface area contributed by atoms with E-state index in [2.05, 4.69) is 29.3 Å². The Labute approximate surface area is 128 Å². The molecule has 1 aliphatic rings. The molecule has 0 saturated heterocycles. The van der Waals surface area contributed by atoms with Gasteiger partial charge in [-0.15, -0.1) is 0 Å².